The standard InChI is InChI=1S/C21H24N2O3/c1-15(24)17-5-7-18(8-6-17)22-21(25)14-23(19-9-10-19)13-16-3-11-20(26-2)12-4-16/h3-8,11-12,19H,9-10,13-14H2,1-2H3,(H,22,25). The van der Waals surface area contributed by atoms with Gasteiger partial charge in [0.05, 0.1) is 13.7 Å². The molecule has 2 aromatic carbocycles. The number of carbonyl (C=O) groups is 2. The molecule has 1 aliphatic carbocycles. The van der Waals surface area contributed by atoms with Gasteiger partial charge in [-0.1, -0.05) is 12.1 Å². The van der Waals surface area contributed by atoms with E-state index in [0.717, 1.165) is 30.7 Å². The Morgan fingerprint density at radius 2 is 1.73 bits per heavy atom. The fraction of sp³-hybridized carbons (Fsp3) is 0.333. The van der Waals surface area contributed by atoms with Crippen molar-refractivity contribution in [3.63, 3.8) is 0 Å². The fourth-order valence-electron chi connectivity index (χ4n) is 2.89. The van der Waals surface area contributed by atoms with Gasteiger partial charge in [-0.15, -0.1) is 0 Å². The number of benzene rings is 2. The molecule has 0 saturated heterocycles. The number of ketones is 1. The first kappa shape index (κ1) is 18.1. The van der Waals surface area contributed by atoms with Crippen LogP contribution in [0.2, 0.25) is 0 Å². The van der Waals surface area contributed by atoms with Crippen molar-refractivity contribution in [3.8, 4) is 5.75 Å². The normalized spacial score (nSPS) is 13.5. The molecule has 0 unspecified atom stereocenters. The van der Waals surface area contributed by atoms with Crippen LogP contribution >= 0.6 is 0 Å². The van der Waals surface area contributed by atoms with Crippen molar-refractivity contribution >= 4 is 17.4 Å². The number of hydrogen-bond donors (Lipinski definition) is 1. The molecule has 0 aliphatic heterocycles. The van der Waals surface area contributed by atoms with E-state index in [2.05, 4.69) is 10.2 Å². The minimum absolute atomic E-state index is 0.0160. The highest BCUT2D eigenvalue weighted by atomic mass is 16.5. The molecule has 1 amide bonds. The number of ether oxygens (including phenoxy) is 1. The Morgan fingerprint density at radius 3 is 2.27 bits per heavy atom. The summed E-state index contributed by atoms with van der Waals surface area (Å²) in [5.74, 6) is 0.807. The molecule has 1 saturated carbocycles. The Balaban J connectivity index is 1.58. The number of methoxy groups -OCH3 is 1. The molecule has 26 heavy (non-hydrogen) atoms. The number of Topliss-reactive ketones (excluding diaryl/α,β-unsaturated/α-hetero) is 1. The van der Waals surface area contributed by atoms with Crippen LogP contribution in [-0.2, 0) is 11.3 Å². The van der Waals surface area contributed by atoms with E-state index in [-0.39, 0.29) is 11.7 Å². The summed E-state index contributed by atoms with van der Waals surface area (Å²) < 4.78 is 5.19. The average molecular weight is 352 g/mol. The Morgan fingerprint density at radius 1 is 1.08 bits per heavy atom. The van der Waals surface area contributed by atoms with Gasteiger partial charge in [0.1, 0.15) is 5.75 Å². The number of carbonyl (C=O) groups excluding carboxylic acids is 2. The molecule has 3 rings (SSSR count). The first-order valence-electron chi connectivity index (χ1n) is 8.83. The van der Waals surface area contributed by atoms with E-state index in [1.165, 1.54) is 6.92 Å². The fourth-order valence-corrected chi connectivity index (χ4v) is 2.89. The molecule has 5 heteroatoms. The smallest absolute Gasteiger partial charge is 0.238 e. The molecule has 0 atom stereocenters. The summed E-state index contributed by atoms with van der Waals surface area (Å²) in [6.07, 6.45) is 2.27. The van der Waals surface area contributed by atoms with Crippen molar-refractivity contribution in [2.45, 2.75) is 32.4 Å². The minimum Gasteiger partial charge on any atom is -0.497 e. The van der Waals surface area contributed by atoms with Gasteiger partial charge in [-0.2, -0.15) is 0 Å². The first-order valence-corrected chi connectivity index (χ1v) is 8.83. The van der Waals surface area contributed by atoms with Crippen LogP contribution in [0.5, 0.6) is 5.75 Å². The van der Waals surface area contributed by atoms with Gasteiger partial charge in [-0.25, -0.2) is 0 Å². The maximum atomic E-state index is 12.4. The van der Waals surface area contributed by atoms with Crippen molar-refractivity contribution < 1.29 is 14.3 Å². The topological polar surface area (TPSA) is 58.6 Å². The Hall–Kier alpha value is -2.66. The third kappa shape index (κ3) is 4.92. The minimum atomic E-state index is -0.0408. The van der Waals surface area contributed by atoms with E-state index in [9.17, 15) is 9.59 Å². The number of amides is 1. The van der Waals surface area contributed by atoms with Crippen LogP contribution in [0.3, 0.4) is 0 Å². The van der Waals surface area contributed by atoms with Crippen molar-refractivity contribution in [2.24, 2.45) is 0 Å². The lowest BCUT2D eigenvalue weighted by Gasteiger charge is -2.21. The zero-order chi connectivity index (χ0) is 18.5. The molecule has 1 fully saturated rings. The quantitative estimate of drug-likeness (QED) is 0.739. The summed E-state index contributed by atoms with van der Waals surface area (Å²) in [6, 6.07) is 15.4. The molecule has 2 aromatic rings. The average Bonchev–Trinajstić information content (AvgIpc) is 3.47. The van der Waals surface area contributed by atoms with E-state index in [0.29, 0.717) is 23.8 Å². The van der Waals surface area contributed by atoms with Crippen LogP contribution in [0.1, 0.15) is 35.7 Å². The van der Waals surface area contributed by atoms with Crippen LogP contribution in [0.15, 0.2) is 48.5 Å². The highest BCUT2D eigenvalue weighted by Gasteiger charge is 2.30. The monoisotopic (exact) mass is 352 g/mol. The SMILES string of the molecule is COc1ccc(CN(CC(=O)Nc2ccc(C(C)=O)cc2)C2CC2)cc1. The molecule has 0 spiro atoms. The summed E-state index contributed by atoms with van der Waals surface area (Å²) in [5.41, 5.74) is 2.51. The molecule has 0 heterocycles. The van der Waals surface area contributed by atoms with Gasteiger partial charge in [-0.3, -0.25) is 14.5 Å². The molecule has 0 aromatic heterocycles. The van der Waals surface area contributed by atoms with Crippen LogP contribution in [0.25, 0.3) is 0 Å². The third-order valence-electron chi connectivity index (χ3n) is 4.53. The largest absolute Gasteiger partial charge is 0.497 e. The Bertz CT molecular complexity index is 765. The molecular weight excluding hydrogens is 328 g/mol. The summed E-state index contributed by atoms with van der Waals surface area (Å²) in [5, 5.41) is 2.91. The third-order valence-corrected chi connectivity index (χ3v) is 4.53. The number of nitrogens with zero attached hydrogens (tertiary/aromatic N) is 1. The zero-order valence-corrected chi connectivity index (χ0v) is 15.2. The van der Waals surface area contributed by atoms with Gasteiger partial charge in [0.25, 0.3) is 0 Å². The second-order valence-corrected chi connectivity index (χ2v) is 6.67. The summed E-state index contributed by atoms with van der Waals surface area (Å²) in [7, 11) is 1.65. The van der Waals surface area contributed by atoms with Crippen molar-refractivity contribution in [2.75, 3.05) is 19.0 Å². The lowest BCUT2D eigenvalue weighted by Crippen LogP contribution is -2.34. The number of rotatable bonds is 8. The summed E-state index contributed by atoms with van der Waals surface area (Å²) in [6.45, 7) is 2.62. The lowest BCUT2D eigenvalue weighted by molar-refractivity contribution is -0.117. The van der Waals surface area contributed by atoms with Gasteiger partial charge in [0.15, 0.2) is 5.78 Å². The van der Waals surface area contributed by atoms with Gasteiger partial charge < -0.3 is 10.1 Å². The predicted molar refractivity (Wildman–Crippen MR) is 102 cm³/mol. The van der Waals surface area contributed by atoms with Gasteiger partial charge >= 0.3 is 0 Å². The van der Waals surface area contributed by atoms with Crippen LogP contribution in [0.4, 0.5) is 5.69 Å². The number of nitrogens with one attached hydrogen (secondary N) is 1. The predicted octanol–water partition coefficient (Wildman–Crippen LogP) is 3.50. The highest BCUT2D eigenvalue weighted by Crippen LogP contribution is 2.28. The molecule has 0 bridgehead atoms. The van der Waals surface area contributed by atoms with Gasteiger partial charge in [0, 0.05) is 23.8 Å². The molecule has 0 radical (unpaired) electrons. The Labute approximate surface area is 154 Å². The van der Waals surface area contributed by atoms with E-state index < -0.39 is 0 Å². The van der Waals surface area contributed by atoms with E-state index in [1.807, 2.05) is 24.3 Å². The maximum absolute atomic E-state index is 12.4. The second kappa shape index (κ2) is 8.15. The lowest BCUT2D eigenvalue weighted by atomic mass is 10.1. The molecule has 1 aliphatic rings. The van der Waals surface area contributed by atoms with Gasteiger partial charge in [0.2, 0.25) is 5.91 Å². The van der Waals surface area contributed by atoms with E-state index in [4.69, 9.17) is 4.74 Å². The zero-order valence-electron chi connectivity index (χ0n) is 15.2. The van der Waals surface area contributed by atoms with Crippen LogP contribution < -0.4 is 10.1 Å². The van der Waals surface area contributed by atoms with Crippen LogP contribution in [-0.4, -0.2) is 36.3 Å². The summed E-state index contributed by atoms with van der Waals surface area (Å²) in [4.78, 5) is 26.0. The first-order chi connectivity index (χ1) is 12.5. The molecule has 1 N–H and O–H groups in total. The second-order valence-electron chi connectivity index (χ2n) is 6.67. The van der Waals surface area contributed by atoms with Crippen molar-refractivity contribution in [3.05, 3.63) is 59.7 Å². The molecular formula is C21H24N2O3. The number of anilines is 1. The van der Waals surface area contributed by atoms with E-state index in [1.54, 1.807) is 31.4 Å². The summed E-state index contributed by atoms with van der Waals surface area (Å²) >= 11 is 0. The number of hydrogen-bond acceptors (Lipinski definition) is 4. The molecule has 5 nitrogen and oxygen atoms in total. The van der Waals surface area contributed by atoms with Gasteiger partial charge in [-0.05, 0) is 61.7 Å². The van der Waals surface area contributed by atoms with Crippen LogP contribution in [0, 0.1) is 0 Å². The maximum Gasteiger partial charge on any atom is 0.238 e. The van der Waals surface area contributed by atoms with Crippen molar-refractivity contribution in [1.29, 1.82) is 0 Å². The van der Waals surface area contributed by atoms with E-state index >= 15 is 0 Å². The molecule has 136 valence electrons. The highest BCUT2D eigenvalue weighted by molar-refractivity contribution is 5.96. The van der Waals surface area contributed by atoms with Crippen molar-refractivity contribution in [1.82, 2.24) is 4.90 Å². The Kier molecular flexibility index (Phi) is 5.68.